The van der Waals surface area contributed by atoms with Gasteiger partial charge in [-0.25, -0.2) is 4.79 Å². The van der Waals surface area contributed by atoms with Gasteiger partial charge in [-0.3, -0.25) is 14.9 Å². The lowest BCUT2D eigenvalue weighted by atomic mass is 10.1. The molecule has 1 rings (SSSR count). The first-order chi connectivity index (χ1) is 8.97. The molecular formula is C12H14N2O5. The van der Waals surface area contributed by atoms with Crippen LogP contribution in [0.4, 0.5) is 11.4 Å². The maximum Gasteiger partial charge on any atom is 0.338 e. The number of para-hydroxylation sites is 1. The normalized spacial score (nSPS) is 9.95. The van der Waals surface area contributed by atoms with E-state index in [0.29, 0.717) is 6.42 Å². The number of carbonyl (C=O) groups is 2. The van der Waals surface area contributed by atoms with Crippen LogP contribution in [0.25, 0.3) is 0 Å². The number of aromatic carboxylic acids is 1. The van der Waals surface area contributed by atoms with Gasteiger partial charge in [0.25, 0.3) is 5.69 Å². The van der Waals surface area contributed by atoms with Crippen LogP contribution in [0.2, 0.25) is 0 Å². The Kier molecular flexibility index (Phi) is 4.99. The first-order valence-electron chi connectivity index (χ1n) is 5.78. The highest BCUT2D eigenvalue weighted by atomic mass is 16.6. The van der Waals surface area contributed by atoms with E-state index in [-0.39, 0.29) is 17.7 Å². The van der Waals surface area contributed by atoms with Gasteiger partial charge in [0.15, 0.2) is 0 Å². The van der Waals surface area contributed by atoms with Gasteiger partial charge in [0.2, 0.25) is 5.91 Å². The molecule has 0 saturated carbocycles. The second-order valence-corrected chi connectivity index (χ2v) is 3.91. The van der Waals surface area contributed by atoms with Crippen LogP contribution in [-0.2, 0) is 4.79 Å². The number of nitrogens with zero attached hydrogens (tertiary/aromatic N) is 1. The highest BCUT2D eigenvalue weighted by Crippen LogP contribution is 2.28. The van der Waals surface area contributed by atoms with Gasteiger partial charge in [0, 0.05) is 12.5 Å². The summed E-state index contributed by atoms with van der Waals surface area (Å²) >= 11 is 0. The first kappa shape index (κ1) is 14.6. The number of unbranched alkanes of at least 4 members (excludes halogenated alkanes) is 1. The number of hydrogen-bond acceptors (Lipinski definition) is 4. The Labute approximate surface area is 109 Å². The van der Waals surface area contributed by atoms with E-state index in [4.69, 9.17) is 5.11 Å². The highest BCUT2D eigenvalue weighted by Gasteiger charge is 2.22. The summed E-state index contributed by atoms with van der Waals surface area (Å²) in [5.41, 5.74) is -0.982. The van der Waals surface area contributed by atoms with Crippen molar-refractivity contribution in [2.75, 3.05) is 5.32 Å². The molecule has 7 heteroatoms. The zero-order valence-electron chi connectivity index (χ0n) is 10.4. The van der Waals surface area contributed by atoms with Crippen LogP contribution >= 0.6 is 0 Å². The number of carboxylic acids is 1. The van der Waals surface area contributed by atoms with Gasteiger partial charge >= 0.3 is 5.97 Å². The third-order valence-electron chi connectivity index (χ3n) is 2.49. The summed E-state index contributed by atoms with van der Waals surface area (Å²) in [4.78, 5) is 32.7. The number of nitrogens with one attached hydrogen (secondary N) is 1. The molecule has 0 aliphatic carbocycles. The summed E-state index contributed by atoms with van der Waals surface area (Å²) in [5.74, 6) is -1.76. The molecule has 1 aromatic carbocycles. The van der Waals surface area contributed by atoms with Gasteiger partial charge in [-0.2, -0.15) is 0 Å². The number of carbonyl (C=O) groups excluding carboxylic acids is 1. The molecule has 0 aliphatic heterocycles. The van der Waals surface area contributed by atoms with Crippen LogP contribution in [-0.4, -0.2) is 21.9 Å². The minimum Gasteiger partial charge on any atom is -0.478 e. The van der Waals surface area contributed by atoms with Crippen molar-refractivity contribution in [1.82, 2.24) is 0 Å². The SMILES string of the molecule is CCCCC(=O)Nc1c(C(=O)O)cccc1[N+](=O)[O-]. The van der Waals surface area contributed by atoms with Crippen molar-refractivity contribution in [2.45, 2.75) is 26.2 Å². The predicted molar refractivity (Wildman–Crippen MR) is 68.2 cm³/mol. The third kappa shape index (κ3) is 3.77. The number of rotatable bonds is 6. The smallest absolute Gasteiger partial charge is 0.338 e. The molecule has 0 fully saturated rings. The Bertz CT molecular complexity index is 481. The van der Waals surface area contributed by atoms with Crippen molar-refractivity contribution < 1.29 is 19.6 Å². The van der Waals surface area contributed by atoms with Crippen molar-refractivity contribution in [2.24, 2.45) is 0 Å². The zero-order valence-corrected chi connectivity index (χ0v) is 10.4. The van der Waals surface area contributed by atoms with E-state index in [1.807, 2.05) is 6.92 Å². The molecule has 0 atom stereocenters. The van der Waals surface area contributed by atoms with Gasteiger partial charge in [0.1, 0.15) is 5.69 Å². The monoisotopic (exact) mass is 266 g/mol. The number of anilines is 1. The van der Waals surface area contributed by atoms with Gasteiger partial charge in [-0.15, -0.1) is 0 Å². The Morgan fingerprint density at radius 3 is 2.63 bits per heavy atom. The molecule has 102 valence electrons. The molecular weight excluding hydrogens is 252 g/mol. The molecule has 1 aromatic rings. The summed E-state index contributed by atoms with van der Waals surface area (Å²) < 4.78 is 0. The number of nitro benzene ring substituents is 1. The Balaban J connectivity index is 3.11. The van der Waals surface area contributed by atoms with E-state index >= 15 is 0 Å². The maximum absolute atomic E-state index is 11.6. The van der Waals surface area contributed by atoms with Gasteiger partial charge < -0.3 is 10.4 Å². The van der Waals surface area contributed by atoms with Crippen molar-refractivity contribution in [3.05, 3.63) is 33.9 Å². The Morgan fingerprint density at radius 1 is 1.42 bits per heavy atom. The molecule has 19 heavy (non-hydrogen) atoms. The van der Waals surface area contributed by atoms with Crippen molar-refractivity contribution in [3.63, 3.8) is 0 Å². The predicted octanol–water partition coefficient (Wildman–Crippen LogP) is 2.42. The molecule has 7 nitrogen and oxygen atoms in total. The summed E-state index contributed by atoms with van der Waals surface area (Å²) in [6.07, 6.45) is 1.63. The van der Waals surface area contributed by atoms with Crippen LogP contribution in [0.5, 0.6) is 0 Å². The van der Waals surface area contributed by atoms with Crippen molar-refractivity contribution in [1.29, 1.82) is 0 Å². The highest BCUT2D eigenvalue weighted by molar-refractivity contribution is 6.03. The Morgan fingerprint density at radius 2 is 2.11 bits per heavy atom. The summed E-state index contributed by atoms with van der Waals surface area (Å²) in [6, 6.07) is 3.63. The molecule has 0 heterocycles. The molecule has 0 unspecified atom stereocenters. The maximum atomic E-state index is 11.6. The number of nitro groups is 1. The summed E-state index contributed by atoms with van der Waals surface area (Å²) in [7, 11) is 0. The second kappa shape index (κ2) is 6.48. The largest absolute Gasteiger partial charge is 0.478 e. The van der Waals surface area contributed by atoms with Crippen LogP contribution in [0.1, 0.15) is 36.5 Å². The van der Waals surface area contributed by atoms with Crippen LogP contribution in [0.15, 0.2) is 18.2 Å². The molecule has 0 saturated heterocycles. The molecule has 0 radical (unpaired) electrons. The van der Waals surface area contributed by atoms with Crippen molar-refractivity contribution in [3.8, 4) is 0 Å². The zero-order chi connectivity index (χ0) is 14.4. The molecule has 0 aromatic heterocycles. The number of amides is 1. The minimum absolute atomic E-state index is 0.196. The fourth-order valence-electron chi connectivity index (χ4n) is 1.54. The van der Waals surface area contributed by atoms with E-state index in [2.05, 4.69) is 5.32 Å². The lowest BCUT2D eigenvalue weighted by Gasteiger charge is -2.08. The number of benzene rings is 1. The average molecular weight is 266 g/mol. The van der Waals surface area contributed by atoms with Crippen LogP contribution < -0.4 is 5.32 Å². The summed E-state index contributed by atoms with van der Waals surface area (Å²) in [6.45, 7) is 1.90. The van der Waals surface area contributed by atoms with Crippen molar-refractivity contribution >= 4 is 23.3 Å². The Hall–Kier alpha value is -2.44. The van der Waals surface area contributed by atoms with Gasteiger partial charge in [-0.05, 0) is 12.5 Å². The lowest BCUT2D eigenvalue weighted by Crippen LogP contribution is -2.15. The minimum atomic E-state index is -1.32. The van der Waals surface area contributed by atoms with E-state index in [9.17, 15) is 19.7 Å². The molecule has 0 bridgehead atoms. The van der Waals surface area contributed by atoms with Crippen LogP contribution in [0, 0.1) is 10.1 Å². The van der Waals surface area contributed by atoms with Gasteiger partial charge in [0.05, 0.1) is 10.5 Å². The second-order valence-electron chi connectivity index (χ2n) is 3.91. The fraction of sp³-hybridized carbons (Fsp3) is 0.333. The van der Waals surface area contributed by atoms with Crippen LogP contribution in [0.3, 0.4) is 0 Å². The molecule has 1 amide bonds. The first-order valence-corrected chi connectivity index (χ1v) is 5.78. The van der Waals surface area contributed by atoms with E-state index < -0.39 is 22.5 Å². The van der Waals surface area contributed by atoms with E-state index in [1.54, 1.807) is 0 Å². The molecule has 2 N–H and O–H groups in total. The number of carboxylic acid groups (broad SMARTS) is 1. The quantitative estimate of drug-likeness (QED) is 0.607. The van der Waals surface area contributed by atoms with Gasteiger partial charge in [-0.1, -0.05) is 19.4 Å². The topological polar surface area (TPSA) is 110 Å². The third-order valence-corrected chi connectivity index (χ3v) is 2.49. The van der Waals surface area contributed by atoms with E-state index in [0.717, 1.165) is 12.5 Å². The van der Waals surface area contributed by atoms with E-state index in [1.165, 1.54) is 12.1 Å². The standard InChI is InChI=1S/C12H14N2O5/c1-2-3-7-10(15)13-11-8(12(16)17)5-4-6-9(11)14(18)19/h4-6H,2-3,7H2,1H3,(H,13,15)(H,16,17). The molecule has 0 spiro atoms. The average Bonchev–Trinajstić information content (AvgIpc) is 2.35. The molecule has 0 aliphatic rings. The number of hydrogen-bond donors (Lipinski definition) is 2. The fourth-order valence-corrected chi connectivity index (χ4v) is 1.54. The lowest BCUT2D eigenvalue weighted by molar-refractivity contribution is -0.384. The summed E-state index contributed by atoms with van der Waals surface area (Å²) in [5, 5.41) is 22.2.